The molecular formula is C19H22N8O. The van der Waals surface area contributed by atoms with Crippen molar-refractivity contribution in [3.8, 4) is 0 Å². The van der Waals surface area contributed by atoms with Crippen LogP contribution in [-0.2, 0) is 0 Å². The van der Waals surface area contributed by atoms with Gasteiger partial charge in [0.15, 0.2) is 5.82 Å². The van der Waals surface area contributed by atoms with E-state index in [0.717, 1.165) is 11.5 Å². The van der Waals surface area contributed by atoms with Crippen LogP contribution in [0.4, 0.5) is 16.4 Å². The Morgan fingerprint density at radius 1 is 1.21 bits per heavy atom. The van der Waals surface area contributed by atoms with E-state index in [9.17, 15) is 4.79 Å². The van der Waals surface area contributed by atoms with Crippen molar-refractivity contribution in [3.63, 3.8) is 0 Å². The molecule has 0 aromatic carbocycles. The van der Waals surface area contributed by atoms with Crippen molar-refractivity contribution in [1.82, 2.24) is 29.5 Å². The summed E-state index contributed by atoms with van der Waals surface area (Å²) in [5.41, 5.74) is 1.99. The second kappa shape index (κ2) is 6.74. The molecule has 3 aromatic heterocycles. The number of nitrogens with one attached hydrogen (secondary N) is 1. The van der Waals surface area contributed by atoms with Gasteiger partial charge in [-0.15, -0.1) is 10.2 Å². The lowest BCUT2D eigenvalue weighted by molar-refractivity contribution is 0.200. The van der Waals surface area contributed by atoms with Gasteiger partial charge < -0.3 is 9.80 Å². The molecule has 0 bridgehead atoms. The van der Waals surface area contributed by atoms with Crippen molar-refractivity contribution >= 4 is 23.3 Å². The maximum Gasteiger partial charge on any atom is 0.323 e. The van der Waals surface area contributed by atoms with Gasteiger partial charge in [-0.3, -0.25) is 9.72 Å². The van der Waals surface area contributed by atoms with Crippen LogP contribution in [0.25, 0.3) is 5.65 Å². The molecule has 1 saturated carbocycles. The topological polar surface area (TPSA) is 91.6 Å². The Labute approximate surface area is 162 Å². The summed E-state index contributed by atoms with van der Waals surface area (Å²) in [6.45, 7) is 3.98. The summed E-state index contributed by atoms with van der Waals surface area (Å²) in [5.74, 6) is 2.06. The Balaban J connectivity index is 1.27. The van der Waals surface area contributed by atoms with Gasteiger partial charge in [-0.05, 0) is 43.4 Å². The summed E-state index contributed by atoms with van der Waals surface area (Å²) >= 11 is 0. The summed E-state index contributed by atoms with van der Waals surface area (Å²) in [4.78, 5) is 25.5. The number of nitrogens with zero attached hydrogens (tertiary/aromatic N) is 7. The molecule has 1 saturated heterocycles. The van der Waals surface area contributed by atoms with E-state index in [-0.39, 0.29) is 12.1 Å². The van der Waals surface area contributed by atoms with E-state index in [1.165, 1.54) is 18.4 Å². The Kier molecular flexibility index (Phi) is 4.07. The number of amides is 2. The molecule has 144 valence electrons. The monoisotopic (exact) mass is 378 g/mol. The van der Waals surface area contributed by atoms with Crippen molar-refractivity contribution in [2.45, 2.75) is 31.7 Å². The molecule has 1 unspecified atom stereocenters. The highest BCUT2D eigenvalue weighted by Crippen LogP contribution is 2.40. The zero-order valence-electron chi connectivity index (χ0n) is 15.7. The predicted octanol–water partition coefficient (Wildman–Crippen LogP) is 2.14. The van der Waals surface area contributed by atoms with E-state index >= 15 is 0 Å². The van der Waals surface area contributed by atoms with Gasteiger partial charge in [0.2, 0.25) is 5.65 Å². The number of carbonyl (C=O) groups excluding carboxylic acids is 1. The minimum absolute atomic E-state index is 0.111. The number of hydrogen-bond donors (Lipinski definition) is 1. The molecule has 2 aliphatic rings. The number of anilines is 2. The largest absolute Gasteiger partial charge is 0.347 e. The number of piperazine rings is 1. The third-order valence-corrected chi connectivity index (χ3v) is 5.45. The van der Waals surface area contributed by atoms with Crippen LogP contribution in [0.3, 0.4) is 0 Å². The average Bonchev–Trinajstić information content (AvgIpc) is 3.45. The van der Waals surface area contributed by atoms with Gasteiger partial charge in [-0.25, -0.2) is 14.8 Å². The Morgan fingerprint density at radius 3 is 2.93 bits per heavy atom. The highest BCUT2D eigenvalue weighted by molar-refractivity contribution is 5.88. The number of fused-ring (bicyclic) bond motifs is 1. The zero-order chi connectivity index (χ0) is 19.1. The highest BCUT2D eigenvalue weighted by atomic mass is 16.2. The minimum atomic E-state index is -0.111. The fourth-order valence-electron chi connectivity index (χ4n) is 3.78. The SMILES string of the molecule is CC1CN(C(=O)Nc2cc(C3CC3)ccn2)CCN1c1nccn2cnnc12. The van der Waals surface area contributed by atoms with E-state index < -0.39 is 0 Å². The van der Waals surface area contributed by atoms with Crippen LogP contribution in [0.5, 0.6) is 0 Å². The summed E-state index contributed by atoms with van der Waals surface area (Å²) in [7, 11) is 0. The van der Waals surface area contributed by atoms with Crippen molar-refractivity contribution in [2.24, 2.45) is 0 Å². The zero-order valence-corrected chi connectivity index (χ0v) is 15.7. The van der Waals surface area contributed by atoms with Gasteiger partial charge >= 0.3 is 6.03 Å². The molecule has 28 heavy (non-hydrogen) atoms. The van der Waals surface area contributed by atoms with Gasteiger partial charge in [-0.1, -0.05) is 0 Å². The average molecular weight is 378 g/mol. The lowest BCUT2D eigenvalue weighted by Crippen LogP contribution is -2.55. The highest BCUT2D eigenvalue weighted by Gasteiger charge is 2.29. The molecule has 0 radical (unpaired) electrons. The first kappa shape index (κ1) is 16.9. The summed E-state index contributed by atoms with van der Waals surface area (Å²) < 4.78 is 1.85. The van der Waals surface area contributed by atoms with Gasteiger partial charge in [0.25, 0.3) is 0 Å². The second-order valence-corrected chi connectivity index (χ2v) is 7.48. The first-order chi connectivity index (χ1) is 13.7. The molecule has 9 nitrogen and oxygen atoms in total. The first-order valence-corrected chi connectivity index (χ1v) is 9.62. The second-order valence-electron chi connectivity index (χ2n) is 7.48. The van der Waals surface area contributed by atoms with Crippen LogP contribution in [0.2, 0.25) is 0 Å². The number of rotatable bonds is 3. The maximum atomic E-state index is 12.7. The third-order valence-electron chi connectivity index (χ3n) is 5.45. The number of carbonyl (C=O) groups is 1. The molecular weight excluding hydrogens is 356 g/mol. The van der Waals surface area contributed by atoms with Crippen molar-refractivity contribution in [3.05, 3.63) is 42.6 Å². The summed E-state index contributed by atoms with van der Waals surface area (Å²) in [5, 5.41) is 11.1. The fraction of sp³-hybridized carbons (Fsp3) is 0.421. The lowest BCUT2D eigenvalue weighted by Gasteiger charge is -2.40. The summed E-state index contributed by atoms with van der Waals surface area (Å²) in [6, 6.07) is 4.03. The van der Waals surface area contributed by atoms with Gasteiger partial charge in [-0.2, -0.15) is 0 Å². The molecule has 1 aliphatic heterocycles. The lowest BCUT2D eigenvalue weighted by atomic mass is 10.2. The van der Waals surface area contributed by atoms with E-state index in [1.54, 1.807) is 18.7 Å². The Hall–Kier alpha value is -3.23. The fourth-order valence-corrected chi connectivity index (χ4v) is 3.78. The van der Waals surface area contributed by atoms with E-state index in [1.807, 2.05) is 27.6 Å². The molecule has 2 amide bonds. The van der Waals surface area contributed by atoms with Gasteiger partial charge in [0.05, 0.1) is 0 Å². The van der Waals surface area contributed by atoms with Crippen LogP contribution in [0.15, 0.2) is 37.1 Å². The van der Waals surface area contributed by atoms with Crippen LogP contribution in [-0.4, -0.2) is 61.2 Å². The van der Waals surface area contributed by atoms with Crippen molar-refractivity contribution in [1.29, 1.82) is 0 Å². The number of aromatic nitrogens is 5. The first-order valence-electron chi connectivity index (χ1n) is 9.62. The molecule has 4 heterocycles. The van der Waals surface area contributed by atoms with Crippen molar-refractivity contribution in [2.75, 3.05) is 29.9 Å². The maximum absolute atomic E-state index is 12.7. The van der Waals surface area contributed by atoms with E-state index in [2.05, 4.69) is 37.3 Å². The molecule has 3 aromatic rings. The predicted molar refractivity (Wildman–Crippen MR) is 104 cm³/mol. The van der Waals surface area contributed by atoms with Gasteiger partial charge in [0.1, 0.15) is 12.1 Å². The van der Waals surface area contributed by atoms with Crippen LogP contribution in [0.1, 0.15) is 31.2 Å². The molecule has 5 rings (SSSR count). The standard InChI is InChI=1S/C19H22N8O/c1-13-11-25(19(28)23-16-10-15(4-5-20-16)14-2-3-14)8-9-27(13)17-18-24-22-12-26(18)7-6-21-17/h4-7,10,12-14H,2-3,8-9,11H2,1H3,(H,20,23,28). The van der Waals surface area contributed by atoms with Crippen LogP contribution < -0.4 is 10.2 Å². The number of urea groups is 1. The number of hydrogen-bond acceptors (Lipinski definition) is 6. The Morgan fingerprint density at radius 2 is 2.11 bits per heavy atom. The van der Waals surface area contributed by atoms with Crippen molar-refractivity contribution < 1.29 is 4.79 Å². The minimum Gasteiger partial charge on any atom is -0.347 e. The quantitative estimate of drug-likeness (QED) is 0.751. The molecule has 1 aliphatic carbocycles. The normalized spacial score (nSPS) is 19.8. The van der Waals surface area contributed by atoms with E-state index in [4.69, 9.17) is 0 Å². The van der Waals surface area contributed by atoms with Crippen LogP contribution in [0, 0.1) is 0 Å². The molecule has 1 atom stereocenters. The number of pyridine rings is 1. The molecule has 9 heteroatoms. The Bertz CT molecular complexity index is 1010. The molecule has 2 fully saturated rings. The molecule has 1 N–H and O–H groups in total. The van der Waals surface area contributed by atoms with Crippen LogP contribution >= 0.6 is 0 Å². The smallest absolute Gasteiger partial charge is 0.323 e. The van der Waals surface area contributed by atoms with Gasteiger partial charge in [0, 0.05) is 44.3 Å². The van der Waals surface area contributed by atoms with E-state index in [0.29, 0.717) is 31.4 Å². The third kappa shape index (κ3) is 3.12. The molecule has 0 spiro atoms. The summed E-state index contributed by atoms with van der Waals surface area (Å²) in [6.07, 6.45) is 9.46.